The number of nitro benzene ring substituents is 2. The third kappa shape index (κ3) is 3.21. The third-order valence-electron chi connectivity index (χ3n) is 4.93. The van der Waals surface area contributed by atoms with E-state index in [-0.39, 0.29) is 0 Å². The Kier molecular flexibility index (Phi) is 4.41. The van der Waals surface area contributed by atoms with Gasteiger partial charge < -0.3 is 5.32 Å². The van der Waals surface area contributed by atoms with Crippen LogP contribution in [0.1, 0.15) is 16.7 Å². The largest absolute Gasteiger partial charge is 0.416 e. The van der Waals surface area contributed by atoms with Crippen molar-refractivity contribution in [2.24, 2.45) is 0 Å². The van der Waals surface area contributed by atoms with Crippen molar-refractivity contribution in [3.63, 3.8) is 0 Å². The molecule has 0 bridgehead atoms. The van der Waals surface area contributed by atoms with Crippen molar-refractivity contribution in [3.8, 4) is 11.1 Å². The van der Waals surface area contributed by atoms with Gasteiger partial charge in [0.2, 0.25) is 0 Å². The zero-order valence-corrected chi connectivity index (χ0v) is 15.1. The van der Waals surface area contributed by atoms with Crippen LogP contribution >= 0.6 is 0 Å². The van der Waals surface area contributed by atoms with Crippen LogP contribution in [0.25, 0.3) is 11.1 Å². The molecule has 0 radical (unpaired) electrons. The summed E-state index contributed by atoms with van der Waals surface area (Å²) in [4.78, 5) is 20.8. The van der Waals surface area contributed by atoms with E-state index in [4.69, 9.17) is 0 Å². The molecular formula is C20H12F3N3O4. The number of benzene rings is 3. The molecule has 0 amide bonds. The Morgan fingerprint density at radius 3 is 2.07 bits per heavy atom. The van der Waals surface area contributed by atoms with Gasteiger partial charge in [-0.25, -0.2) is 0 Å². The molecule has 1 aliphatic carbocycles. The van der Waals surface area contributed by atoms with Crippen LogP contribution in [0.4, 0.5) is 35.9 Å². The van der Waals surface area contributed by atoms with Gasteiger partial charge in [-0.05, 0) is 28.3 Å². The van der Waals surface area contributed by atoms with E-state index in [0.29, 0.717) is 24.2 Å². The lowest BCUT2D eigenvalue weighted by molar-refractivity contribution is -0.392. The maximum Gasteiger partial charge on any atom is 0.416 e. The van der Waals surface area contributed by atoms with Gasteiger partial charge in [0.05, 0.1) is 15.4 Å². The van der Waals surface area contributed by atoms with E-state index < -0.39 is 38.6 Å². The summed E-state index contributed by atoms with van der Waals surface area (Å²) in [5.41, 5.74) is -0.163. The fraction of sp³-hybridized carbons (Fsp3) is 0.100. The number of hydrogen-bond acceptors (Lipinski definition) is 5. The smallest absolute Gasteiger partial charge is 0.344 e. The number of nitrogens with zero attached hydrogens (tertiary/aromatic N) is 2. The Morgan fingerprint density at radius 1 is 0.867 bits per heavy atom. The second-order valence-corrected chi connectivity index (χ2v) is 6.69. The molecule has 152 valence electrons. The van der Waals surface area contributed by atoms with Crippen LogP contribution in [-0.4, -0.2) is 9.85 Å². The van der Waals surface area contributed by atoms with Crippen LogP contribution in [0, 0.1) is 20.2 Å². The molecule has 3 aromatic rings. The van der Waals surface area contributed by atoms with Crippen molar-refractivity contribution in [1.29, 1.82) is 0 Å². The number of nitro groups is 2. The second kappa shape index (κ2) is 6.83. The predicted octanol–water partition coefficient (Wildman–Crippen LogP) is 5.84. The number of nitrogens with one attached hydrogen (secondary N) is 1. The monoisotopic (exact) mass is 415 g/mol. The molecule has 0 saturated heterocycles. The molecule has 7 nitrogen and oxygen atoms in total. The normalized spacial score (nSPS) is 12.2. The lowest BCUT2D eigenvalue weighted by atomic mass is 10.0. The van der Waals surface area contributed by atoms with Crippen LogP contribution in [-0.2, 0) is 12.6 Å². The van der Waals surface area contributed by atoms with Crippen molar-refractivity contribution in [1.82, 2.24) is 0 Å². The lowest BCUT2D eigenvalue weighted by Crippen LogP contribution is -2.09. The molecule has 0 saturated carbocycles. The van der Waals surface area contributed by atoms with Crippen molar-refractivity contribution < 1.29 is 23.0 Å². The van der Waals surface area contributed by atoms with Gasteiger partial charge in [-0.2, -0.15) is 13.2 Å². The highest BCUT2D eigenvalue weighted by Gasteiger charge is 2.38. The average Bonchev–Trinajstić information content (AvgIpc) is 3.06. The van der Waals surface area contributed by atoms with Crippen LogP contribution in [0.2, 0.25) is 0 Å². The third-order valence-corrected chi connectivity index (χ3v) is 4.93. The first-order chi connectivity index (χ1) is 14.2. The highest BCUT2D eigenvalue weighted by atomic mass is 19.4. The molecule has 0 atom stereocenters. The number of hydrogen-bond donors (Lipinski definition) is 1. The quantitative estimate of drug-likeness (QED) is 0.334. The van der Waals surface area contributed by atoms with Gasteiger partial charge in [-0.1, -0.05) is 36.4 Å². The van der Waals surface area contributed by atoms with Gasteiger partial charge in [0.25, 0.3) is 11.4 Å². The van der Waals surface area contributed by atoms with E-state index >= 15 is 0 Å². The summed E-state index contributed by atoms with van der Waals surface area (Å²) in [5, 5.41) is 25.6. The Bertz CT molecular complexity index is 1170. The van der Waals surface area contributed by atoms with E-state index in [0.717, 1.165) is 22.3 Å². The molecule has 10 heteroatoms. The van der Waals surface area contributed by atoms with Crippen molar-refractivity contribution in [2.45, 2.75) is 12.6 Å². The Hall–Kier alpha value is -3.95. The summed E-state index contributed by atoms with van der Waals surface area (Å²) in [6, 6.07) is 13.3. The molecule has 1 aliphatic rings. The van der Waals surface area contributed by atoms with E-state index in [1.807, 2.05) is 30.3 Å². The van der Waals surface area contributed by atoms with Crippen LogP contribution in [0.5, 0.6) is 0 Å². The molecule has 0 aromatic heterocycles. The fourth-order valence-corrected chi connectivity index (χ4v) is 3.60. The number of fused-ring (bicyclic) bond motifs is 3. The standard InChI is InChI=1S/C20H12F3N3O4/c21-20(22,23)12-9-17(25(27)28)19(18(10-12)26(29)30)24-16-7-3-6-14-13-5-2-1-4-11(13)8-15(14)16/h1-7,9-10,24H,8H2. The van der Waals surface area contributed by atoms with E-state index in [1.165, 1.54) is 0 Å². The molecule has 0 unspecified atom stereocenters. The summed E-state index contributed by atoms with van der Waals surface area (Å²) in [5.74, 6) is 0. The van der Waals surface area contributed by atoms with Gasteiger partial charge in [-0.3, -0.25) is 20.2 Å². The van der Waals surface area contributed by atoms with E-state index in [2.05, 4.69) is 5.32 Å². The molecule has 30 heavy (non-hydrogen) atoms. The van der Waals surface area contributed by atoms with Crippen molar-refractivity contribution in [3.05, 3.63) is 91.5 Å². The van der Waals surface area contributed by atoms with E-state index in [9.17, 15) is 33.4 Å². The Labute approximate surface area is 167 Å². The number of halogens is 3. The molecular weight excluding hydrogens is 403 g/mol. The van der Waals surface area contributed by atoms with Crippen molar-refractivity contribution in [2.75, 3.05) is 5.32 Å². The molecule has 0 aliphatic heterocycles. The Balaban J connectivity index is 1.87. The molecule has 3 aromatic carbocycles. The topological polar surface area (TPSA) is 98.3 Å². The first-order valence-electron chi connectivity index (χ1n) is 8.68. The minimum Gasteiger partial charge on any atom is -0.344 e. The molecule has 0 fully saturated rings. The molecule has 4 rings (SSSR count). The average molecular weight is 415 g/mol. The zero-order chi connectivity index (χ0) is 21.6. The molecule has 0 spiro atoms. The van der Waals surface area contributed by atoms with Crippen LogP contribution in [0.15, 0.2) is 54.6 Å². The summed E-state index contributed by atoms with van der Waals surface area (Å²) < 4.78 is 39.3. The van der Waals surface area contributed by atoms with Gasteiger partial charge >= 0.3 is 6.18 Å². The van der Waals surface area contributed by atoms with E-state index in [1.54, 1.807) is 12.1 Å². The maximum absolute atomic E-state index is 13.1. The Morgan fingerprint density at radius 2 is 1.47 bits per heavy atom. The number of alkyl halides is 3. The van der Waals surface area contributed by atoms with Crippen LogP contribution in [0.3, 0.4) is 0 Å². The minimum absolute atomic E-state index is 0.299. The zero-order valence-electron chi connectivity index (χ0n) is 15.1. The highest BCUT2D eigenvalue weighted by Crippen LogP contribution is 2.45. The van der Waals surface area contributed by atoms with Gasteiger partial charge in [0.1, 0.15) is 0 Å². The molecule has 0 heterocycles. The van der Waals surface area contributed by atoms with Crippen LogP contribution < -0.4 is 5.32 Å². The second-order valence-electron chi connectivity index (χ2n) is 6.69. The predicted molar refractivity (Wildman–Crippen MR) is 103 cm³/mol. The first-order valence-corrected chi connectivity index (χ1v) is 8.68. The number of anilines is 2. The lowest BCUT2D eigenvalue weighted by Gasteiger charge is -2.14. The fourth-order valence-electron chi connectivity index (χ4n) is 3.60. The van der Waals surface area contributed by atoms with Gasteiger partial charge in [0, 0.05) is 24.2 Å². The summed E-state index contributed by atoms with van der Waals surface area (Å²) in [6.45, 7) is 0. The SMILES string of the molecule is O=[N+]([O-])c1cc(C(F)(F)F)cc([N+](=O)[O-])c1Nc1cccc2c1Cc1ccccc1-2. The van der Waals surface area contributed by atoms with Crippen molar-refractivity contribution >= 4 is 22.7 Å². The highest BCUT2D eigenvalue weighted by molar-refractivity contribution is 5.87. The summed E-state index contributed by atoms with van der Waals surface area (Å²) in [6.07, 6.45) is -4.49. The maximum atomic E-state index is 13.1. The number of rotatable bonds is 4. The first kappa shape index (κ1) is 19.4. The molecule has 1 N–H and O–H groups in total. The summed E-state index contributed by atoms with van der Waals surface area (Å²) >= 11 is 0. The van der Waals surface area contributed by atoms with Gasteiger partial charge in [0.15, 0.2) is 5.69 Å². The summed E-state index contributed by atoms with van der Waals surface area (Å²) in [7, 11) is 0. The minimum atomic E-state index is -4.97. The van der Waals surface area contributed by atoms with Gasteiger partial charge in [-0.15, -0.1) is 0 Å².